The third-order valence-corrected chi connectivity index (χ3v) is 6.00. The van der Waals surface area contributed by atoms with E-state index in [1.54, 1.807) is 18.2 Å². The molecule has 1 aliphatic carbocycles. The van der Waals surface area contributed by atoms with Gasteiger partial charge in [0.25, 0.3) is 0 Å². The molecule has 0 fully saturated rings. The lowest BCUT2D eigenvalue weighted by atomic mass is 9.58. The standard InChI is InChI=1S/C19H15Cl2N5/c1-26-6-5-11-13(7-22)18(25)19(9-23,10-24)16(14(11)8-26)12-3-2-4-15(20)17(12)21/h2-5,14,16H,6,8,25H2,1H3/t14-,16-/m1/s1. The van der Waals surface area contributed by atoms with Crippen molar-refractivity contribution >= 4 is 23.2 Å². The molecule has 130 valence electrons. The van der Waals surface area contributed by atoms with E-state index in [-0.39, 0.29) is 17.2 Å². The lowest BCUT2D eigenvalue weighted by molar-refractivity contribution is 0.238. The smallest absolute Gasteiger partial charge is 0.191 e. The summed E-state index contributed by atoms with van der Waals surface area (Å²) in [5.41, 5.74) is 6.10. The van der Waals surface area contributed by atoms with E-state index in [4.69, 9.17) is 28.9 Å². The van der Waals surface area contributed by atoms with Crippen molar-refractivity contribution in [3.8, 4) is 18.2 Å². The quantitative estimate of drug-likeness (QED) is 0.800. The van der Waals surface area contributed by atoms with Gasteiger partial charge in [-0.1, -0.05) is 41.4 Å². The van der Waals surface area contributed by atoms with Crippen molar-refractivity contribution in [2.75, 3.05) is 20.1 Å². The van der Waals surface area contributed by atoms with Gasteiger partial charge in [0.05, 0.1) is 33.5 Å². The van der Waals surface area contributed by atoms with Crippen molar-refractivity contribution in [3.05, 3.63) is 56.7 Å². The van der Waals surface area contributed by atoms with Gasteiger partial charge in [-0.15, -0.1) is 0 Å². The number of nitriles is 3. The monoisotopic (exact) mass is 383 g/mol. The fraction of sp³-hybridized carbons (Fsp3) is 0.316. The Bertz CT molecular complexity index is 944. The Labute approximate surface area is 162 Å². The Morgan fingerprint density at radius 1 is 1.23 bits per heavy atom. The van der Waals surface area contributed by atoms with Gasteiger partial charge >= 0.3 is 0 Å². The van der Waals surface area contributed by atoms with Crippen LogP contribution >= 0.6 is 23.2 Å². The number of benzene rings is 1. The second kappa shape index (κ2) is 6.67. The molecular weight excluding hydrogens is 369 g/mol. The first-order valence-corrected chi connectivity index (χ1v) is 8.72. The second-order valence-corrected chi connectivity index (χ2v) is 7.33. The zero-order valence-corrected chi connectivity index (χ0v) is 15.5. The first kappa shape index (κ1) is 18.3. The Morgan fingerprint density at radius 3 is 2.54 bits per heavy atom. The highest BCUT2D eigenvalue weighted by molar-refractivity contribution is 6.42. The summed E-state index contributed by atoms with van der Waals surface area (Å²) in [6.07, 6.45) is 1.93. The fourth-order valence-corrected chi connectivity index (χ4v) is 4.35. The van der Waals surface area contributed by atoms with E-state index < -0.39 is 11.3 Å². The van der Waals surface area contributed by atoms with Crippen LogP contribution in [0.4, 0.5) is 0 Å². The van der Waals surface area contributed by atoms with Crippen LogP contribution in [0.2, 0.25) is 10.0 Å². The number of fused-ring (bicyclic) bond motifs is 1. The molecule has 0 radical (unpaired) electrons. The summed E-state index contributed by atoms with van der Waals surface area (Å²) in [7, 11) is 1.94. The van der Waals surface area contributed by atoms with Gasteiger partial charge in [-0.05, 0) is 24.3 Å². The molecule has 26 heavy (non-hydrogen) atoms. The number of likely N-dealkylation sites (N-methyl/N-ethyl adjacent to an activating group) is 1. The first-order valence-electron chi connectivity index (χ1n) is 7.97. The van der Waals surface area contributed by atoms with Crippen molar-refractivity contribution < 1.29 is 0 Å². The predicted molar refractivity (Wildman–Crippen MR) is 98.8 cm³/mol. The first-order chi connectivity index (χ1) is 12.4. The van der Waals surface area contributed by atoms with Crippen molar-refractivity contribution in [1.29, 1.82) is 15.8 Å². The molecule has 3 rings (SSSR count). The third-order valence-electron chi connectivity index (χ3n) is 5.16. The van der Waals surface area contributed by atoms with Gasteiger partial charge in [-0.25, -0.2) is 0 Å². The largest absolute Gasteiger partial charge is 0.399 e. The van der Waals surface area contributed by atoms with Crippen LogP contribution in [0.15, 0.2) is 41.1 Å². The zero-order chi connectivity index (χ0) is 19.1. The summed E-state index contributed by atoms with van der Waals surface area (Å²) in [5.74, 6) is -0.902. The summed E-state index contributed by atoms with van der Waals surface area (Å²) >= 11 is 12.6. The Kier molecular flexibility index (Phi) is 4.70. The molecule has 2 N–H and O–H groups in total. The number of hydrogen-bond acceptors (Lipinski definition) is 5. The van der Waals surface area contributed by atoms with Crippen LogP contribution in [0, 0.1) is 45.3 Å². The normalized spacial score (nSPS) is 24.7. The lowest BCUT2D eigenvalue weighted by Crippen LogP contribution is -2.47. The molecule has 0 saturated heterocycles. The van der Waals surface area contributed by atoms with E-state index in [9.17, 15) is 15.8 Å². The fourth-order valence-electron chi connectivity index (χ4n) is 3.93. The molecule has 0 saturated carbocycles. The maximum Gasteiger partial charge on any atom is 0.191 e. The van der Waals surface area contributed by atoms with Gasteiger partial charge in [0.2, 0.25) is 0 Å². The van der Waals surface area contributed by atoms with E-state index in [1.165, 1.54) is 0 Å². The Balaban J connectivity index is 2.39. The number of halogens is 2. The van der Waals surface area contributed by atoms with E-state index in [1.807, 2.05) is 13.1 Å². The molecular formula is C19H15Cl2N5. The number of hydrogen-bond donors (Lipinski definition) is 1. The Morgan fingerprint density at radius 2 is 1.92 bits per heavy atom. The SMILES string of the molecule is CN1CC=C2C(C#N)=C(N)C(C#N)(C#N)[C@H](c3cccc(Cl)c3Cl)[C@@H]2C1. The Hall–Kier alpha value is -2.49. The summed E-state index contributed by atoms with van der Waals surface area (Å²) in [6.45, 7) is 1.23. The zero-order valence-electron chi connectivity index (χ0n) is 14.0. The van der Waals surface area contributed by atoms with Gasteiger partial charge < -0.3 is 10.6 Å². The summed E-state index contributed by atoms with van der Waals surface area (Å²) in [5, 5.41) is 30.2. The molecule has 7 heteroatoms. The molecule has 5 nitrogen and oxygen atoms in total. The molecule has 0 spiro atoms. The third kappa shape index (κ3) is 2.47. The van der Waals surface area contributed by atoms with Crippen molar-refractivity contribution in [3.63, 3.8) is 0 Å². The van der Waals surface area contributed by atoms with Gasteiger partial charge in [0, 0.05) is 24.9 Å². The van der Waals surface area contributed by atoms with Crippen LogP contribution in [0.25, 0.3) is 0 Å². The summed E-state index contributed by atoms with van der Waals surface area (Å²) < 4.78 is 0. The predicted octanol–water partition coefficient (Wildman–Crippen LogP) is 3.35. The molecule has 1 aliphatic heterocycles. The average Bonchev–Trinajstić information content (AvgIpc) is 2.64. The number of nitrogens with two attached hydrogens (primary N) is 1. The maximum absolute atomic E-state index is 9.97. The van der Waals surface area contributed by atoms with E-state index in [2.05, 4.69) is 23.1 Å². The van der Waals surface area contributed by atoms with Gasteiger partial charge in [0.15, 0.2) is 5.41 Å². The second-order valence-electron chi connectivity index (χ2n) is 6.54. The van der Waals surface area contributed by atoms with E-state index >= 15 is 0 Å². The molecule has 0 aromatic heterocycles. The molecule has 0 unspecified atom stereocenters. The number of nitrogens with zero attached hydrogens (tertiary/aromatic N) is 4. The molecule has 0 bridgehead atoms. The lowest BCUT2D eigenvalue weighted by Gasteiger charge is -2.45. The molecule has 1 heterocycles. The van der Waals surface area contributed by atoms with Crippen LogP contribution in [-0.2, 0) is 0 Å². The van der Waals surface area contributed by atoms with E-state index in [0.29, 0.717) is 28.7 Å². The highest BCUT2D eigenvalue weighted by atomic mass is 35.5. The minimum absolute atomic E-state index is 0.0157. The molecule has 2 aliphatic rings. The molecule has 1 aromatic rings. The molecule has 1 aromatic carbocycles. The van der Waals surface area contributed by atoms with Crippen LogP contribution < -0.4 is 5.73 Å². The average molecular weight is 384 g/mol. The van der Waals surface area contributed by atoms with Gasteiger partial charge in [-0.2, -0.15) is 15.8 Å². The number of allylic oxidation sites excluding steroid dienone is 2. The minimum Gasteiger partial charge on any atom is -0.399 e. The van der Waals surface area contributed by atoms with Crippen molar-refractivity contribution in [2.24, 2.45) is 17.1 Å². The van der Waals surface area contributed by atoms with Crippen LogP contribution in [0.1, 0.15) is 11.5 Å². The van der Waals surface area contributed by atoms with E-state index in [0.717, 1.165) is 5.57 Å². The summed E-state index contributed by atoms with van der Waals surface area (Å²) in [6, 6.07) is 11.4. The molecule has 0 amide bonds. The highest BCUT2D eigenvalue weighted by Gasteiger charge is 2.54. The summed E-state index contributed by atoms with van der Waals surface area (Å²) in [4.78, 5) is 2.07. The molecule has 2 atom stereocenters. The minimum atomic E-state index is -1.69. The van der Waals surface area contributed by atoms with Crippen LogP contribution in [0.3, 0.4) is 0 Å². The maximum atomic E-state index is 9.97. The van der Waals surface area contributed by atoms with Crippen LogP contribution in [0.5, 0.6) is 0 Å². The van der Waals surface area contributed by atoms with Crippen LogP contribution in [-0.4, -0.2) is 25.0 Å². The van der Waals surface area contributed by atoms with Crippen molar-refractivity contribution in [2.45, 2.75) is 5.92 Å². The van der Waals surface area contributed by atoms with Gasteiger partial charge in [-0.3, -0.25) is 0 Å². The van der Waals surface area contributed by atoms with Gasteiger partial charge in [0.1, 0.15) is 6.07 Å². The van der Waals surface area contributed by atoms with Crippen molar-refractivity contribution in [1.82, 2.24) is 4.90 Å². The number of rotatable bonds is 1. The highest BCUT2D eigenvalue weighted by Crippen LogP contribution is 2.55. The topological polar surface area (TPSA) is 101 Å².